The zero-order chi connectivity index (χ0) is 15.3. The molecule has 1 aromatic heterocycles. The Hall–Kier alpha value is -2.09. The van der Waals surface area contributed by atoms with E-state index < -0.39 is 10.0 Å². The number of hydrogen-bond acceptors (Lipinski definition) is 5. The zero-order valence-corrected chi connectivity index (χ0v) is 12.1. The summed E-state index contributed by atoms with van der Waals surface area (Å²) < 4.78 is 26.1. The number of rotatable bonds is 6. The quantitative estimate of drug-likeness (QED) is 0.697. The molecule has 4 N–H and O–H groups in total. The van der Waals surface area contributed by atoms with Gasteiger partial charge in [0.2, 0.25) is 0 Å². The summed E-state index contributed by atoms with van der Waals surface area (Å²) in [6, 6.07) is 8.22. The largest absolute Gasteiger partial charge is 0.326 e. The summed E-state index contributed by atoms with van der Waals surface area (Å²) >= 11 is 0. The van der Waals surface area contributed by atoms with Gasteiger partial charge in [-0.05, 0) is 35.7 Å². The van der Waals surface area contributed by atoms with Crippen LogP contribution >= 0.6 is 0 Å². The third kappa shape index (κ3) is 3.52. The molecule has 0 aliphatic rings. The van der Waals surface area contributed by atoms with Gasteiger partial charge in [-0.25, -0.2) is 12.4 Å². The molecule has 0 atom stereocenters. The van der Waals surface area contributed by atoms with Gasteiger partial charge in [-0.2, -0.15) is 0 Å². The van der Waals surface area contributed by atoms with Crippen LogP contribution in [-0.2, 0) is 23.0 Å². The Morgan fingerprint density at radius 3 is 2.52 bits per heavy atom. The summed E-state index contributed by atoms with van der Waals surface area (Å²) in [7, 11) is -3.59. The van der Waals surface area contributed by atoms with Gasteiger partial charge in [-0.15, -0.1) is 0 Å². The molecule has 0 fully saturated rings. The molecule has 21 heavy (non-hydrogen) atoms. The van der Waals surface area contributed by atoms with Crippen molar-refractivity contribution in [1.82, 2.24) is 9.45 Å². The number of aromatic nitrogens is 1. The van der Waals surface area contributed by atoms with Crippen molar-refractivity contribution < 1.29 is 13.6 Å². The van der Waals surface area contributed by atoms with Crippen LogP contribution < -0.4 is 11.2 Å². The molecule has 0 aliphatic heterocycles. The van der Waals surface area contributed by atoms with Crippen molar-refractivity contribution in [3.63, 3.8) is 0 Å². The minimum atomic E-state index is -3.59. The van der Waals surface area contributed by atoms with Gasteiger partial charge < -0.3 is 5.73 Å². The number of benzene rings is 1. The highest BCUT2D eigenvalue weighted by molar-refractivity contribution is 7.90. The van der Waals surface area contributed by atoms with Crippen molar-refractivity contribution >= 4 is 10.0 Å². The smallest absolute Gasteiger partial charge is 0.267 e. The Balaban J connectivity index is 2.24. The highest BCUT2D eigenvalue weighted by Crippen LogP contribution is 2.16. The molecular formula is C14H17N3O3S. The van der Waals surface area contributed by atoms with E-state index in [1.807, 2.05) is 5.48 Å². The van der Waals surface area contributed by atoms with Gasteiger partial charge in [-0.1, -0.05) is 18.2 Å². The lowest BCUT2D eigenvalue weighted by molar-refractivity contribution is 0.214. The molecule has 0 radical (unpaired) electrons. The van der Waals surface area contributed by atoms with Gasteiger partial charge in [0.15, 0.2) is 0 Å². The molecule has 0 saturated carbocycles. The van der Waals surface area contributed by atoms with Gasteiger partial charge >= 0.3 is 0 Å². The molecule has 112 valence electrons. The fourth-order valence-electron chi connectivity index (χ4n) is 1.86. The first-order valence-electron chi connectivity index (χ1n) is 6.34. The fourth-order valence-corrected chi connectivity index (χ4v) is 3.07. The molecule has 0 saturated heterocycles. The molecule has 0 unspecified atom stereocenters. The molecule has 2 rings (SSSR count). The van der Waals surface area contributed by atoms with Crippen molar-refractivity contribution in [1.29, 1.82) is 0 Å². The second kappa shape index (κ2) is 6.57. The van der Waals surface area contributed by atoms with E-state index in [0.29, 0.717) is 13.0 Å². The molecule has 0 bridgehead atoms. The van der Waals surface area contributed by atoms with Crippen molar-refractivity contribution in [3.05, 3.63) is 66.1 Å². The summed E-state index contributed by atoms with van der Waals surface area (Å²) in [5.74, 6) is 0. The highest BCUT2D eigenvalue weighted by Gasteiger charge is 2.16. The summed E-state index contributed by atoms with van der Waals surface area (Å²) in [6.45, 7) is 0.374. The maximum absolute atomic E-state index is 12.4. The van der Waals surface area contributed by atoms with Crippen LogP contribution in [0.4, 0.5) is 0 Å². The van der Waals surface area contributed by atoms with Crippen molar-refractivity contribution in [2.24, 2.45) is 5.73 Å². The predicted octanol–water partition coefficient (Wildman–Crippen LogP) is 1.22. The number of nitrogens with two attached hydrogens (primary N) is 1. The maximum atomic E-state index is 12.4. The Morgan fingerprint density at radius 1 is 1.19 bits per heavy atom. The molecule has 2 aromatic rings. The molecule has 1 aromatic carbocycles. The average Bonchev–Trinajstić information content (AvgIpc) is 2.97. The van der Waals surface area contributed by atoms with Crippen LogP contribution in [0.25, 0.3) is 0 Å². The Morgan fingerprint density at radius 2 is 1.90 bits per heavy atom. The van der Waals surface area contributed by atoms with Gasteiger partial charge in [0.1, 0.15) is 0 Å². The van der Waals surface area contributed by atoms with E-state index in [9.17, 15) is 8.42 Å². The molecular weight excluding hydrogens is 290 g/mol. The Bertz CT molecular complexity index is 718. The van der Waals surface area contributed by atoms with E-state index in [1.165, 1.54) is 16.4 Å². The van der Waals surface area contributed by atoms with E-state index in [1.54, 1.807) is 42.6 Å². The first-order chi connectivity index (χ1) is 10.1. The number of nitrogens with zero attached hydrogens (tertiary/aromatic N) is 1. The first-order valence-corrected chi connectivity index (χ1v) is 7.78. The third-order valence-corrected chi connectivity index (χ3v) is 4.66. The topological polar surface area (TPSA) is 97.4 Å². The minimum Gasteiger partial charge on any atom is -0.326 e. The molecule has 0 aliphatic carbocycles. The van der Waals surface area contributed by atoms with Crippen LogP contribution in [0.5, 0.6) is 0 Å². The van der Waals surface area contributed by atoms with E-state index in [0.717, 1.165) is 11.1 Å². The lowest BCUT2D eigenvalue weighted by atomic mass is 10.2. The van der Waals surface area contributed by atoms with Crippen LogP contribution in [0, 0.1) is 0 Å². The third-order valence-electron chi connectivity index (χ3n) is 3.01. The predicted molar refractivity (Wildman–Crippen MR) is 79.1 cm³/mol. The molecule has 6 nitrogen and oxygen atoms in total. The number of allylic oxidation sites excluding steroid dienone is 1. The van der Waals surface area contributed by atoms with Crippen molar-refractivity contribution in [2.75, 3.05) is 0 Å². The number of nitrogens with one attached hydrogen (secondary N) is 1. The summed E-state index contributed by atoms with van der Waals surface area (Å²) in [4.78, 5) is 0.217. The van der Waals surface area contributed by atoms with Gasteiger partial charge in [0, 0.05) is 25.1 Å². The van der Waals surface area contributed by atoms with Crippen molar-refractivity contribution in [2.45, 2.75) is 17.9 Å². The molecule has 0 amide bonds. The zero-order valence-electron chi connectivity index (χ0n) is 11.3. The SMILES string of the molecule is NCc1ccc(S(=O)(=O)n2ccc(C/C=C/NO)c2)cc1. The van der Waals surface area contributed by atoms with Gasteiger partial charge in [-0.3, -0.25) is 10.7 Å². The molecule has 7 heteroatoms. The van der Waals surface area contributed by atoms with Crippen molar-refractivity contribution in [3.8, 4) is 0 Å². The van der Waals surface area contributed by atoms with Crippen LogP contribution in [0.15, 0.2) is 59.9 Å². The van der Waals surface area contributed by atoms with E-state index in [2.05, 4.69) is 0 Å². The Kier molecular flexibility index (Phi) is 4.79. The summed E-state index contributed by atoms with van der Waals surface area (Å²) in [6.07, 6.45) is 6.62. The monoisotopic (exact) mass is 307 g/mol. The highest BCUT2D eigenvalue weighted by atomic mass is 32.2. The Labute approximate surface area is 123 Å². The standard InChI is InChI=1S/C14H17N3O3S/c15-10-12-3-5-14(6-4-12)21(19,20)17-9-7-13(11-17)2-1-8-16-18/h1,3-9,11,16,18H,2,10,15H2/b8-1+. The van der Waals surface area contributed by atoms with E-state index in [4.69, 9.17) is 10.9 Å². The lowest BCUT2D eigenvalue weighted by Crippen LogP contribution is -2.11. The summed E-state index contributed by atoms with van der Waals surface area (Å²) in [5, 5.41) is 8.42. The fraction of sp³-hybridized carbons (Fsp3) is 0.143. The average molecular weight is 307 g/mol. The van der Waals surface area contributed by atoms with E-state index >= 15 is 0 Å². The second-order valence-electron chi connectivity index (χ2n) is 4.44. The van der Waals surface area contributed by atoms with E-state index in [-0.39, 0.29) is 4.90 Å². The van der Waals surface area contributed by atoms with Gasteiger partial charge in [0.05, 0.1) is 4.90 Å². The van der Waals surface area contributed by atoms with Crippen LogP contribution in [-0.4, -0.2) is 17.6 Å². The van der Waals surface area contributed by atoms with Crippen LogP contribution in [0.1, 0.15) is 11.1 Å². The number of hydroxylamine groups is 1. The van der Waals surface area contributed by atoms with Gasteiger partial charge in [0.25, 0.3) is 10.0 Å². The van der Waals surface area contributed by atoms with Crippen LogP contribution in [0.2, 0.25) is 0 Å². The maximum Gasteiger partial charge on any atom is 0.267 e. The minimum absolute atomic E-state index is 0.217. The lowest BCUT2D eigenvalue weighted by Gasteiger charge is -2.06. The van der Waals surface area contributed by atoms with Crippen LogP contribution in [0.3, 0.4) is 0 Å². The first kappa shape index (κ1) is 15.3. The molecule has 0 spiro atoms. The number of hydrogen-bond donors (Lipinski definition) is 3. The summed E-state index contributed by atoms with van der Waals surface area (Å²) in [5.41, 5.74) is 9.09. The normalized spacial score (nSPS) is 11.9. The molecule has 1 heterocycles. The second-order valence-corrected chi connectivity index (χ2v) is 6.28.